The number of aromatic carboxylic acids is 1. The van der Waals surface area contributed by atoms with E-state index >= 15 is 0 Å². The molecule has 0 aliphatic carbocycles. The Kier molecular flexibility index (Phi) is 3.94. The van der Waals surface area contributed by atoms with Crippen LogP contribution in [0.5, 0.6) is 5.75 Å². The fourth-order valence-electron chi connectivity index (χ4n) is 1.94. The number of rotatable bonds is 4. The summed E-state index contributed by atoms with van der Waals surface area (Å²) in [5, 5.41) is 22.4. The van der Waals surface area contributed by atoms with Crippen LogP contribution >= 0.6 is 0 Å². The number of ether oxygens (including phenoxy) is 1. The number of hydrogen-bond donors (Lipinski definition) is 1. The molecule has 1 heterocycles. The second-order valence-corrected chi connectivity index (χ2v) is 4.83. The second kappa shape index (κ2) is 5.67. The number of carboxylic acids is 1. The van der Waals surface area contributed by atoms with E-state index in [9.17, 15) is 10.1 Å². The van der Waals surface area contributed by atoms with E-state index in [0.29, 0.717) is 22.6 Å². The molecule has 1 aromatic heterocycles. The van der Waals surface area contributed by atoms with Crippen molar-refractivity contribution in [3.05, 3.63) is 35.5 Å². The molecule has 6 heteroatoms. The normalized spacial score (nSPS) is 10.4. The van der Waals surface area contributed by atoms with E-state index < -0.39 is 5.97 Å². The summed E-state index contributed by atoms with van der Waals surface area (Å²) in [6, 6.07) is 8.65. The molecule has 0 unspecified atom stereocenters. The van der Waals surface area contributed by atoms with Gasteiger partial charge in [0.1, 0.15) is 17.5 Å². The van der Waals surface area contributed by atoms with Crippen molar-refractivity contribution in [3.63, 3.8) is 0 Å². The molecule has 0 saturated heterocycles. The van der Waals surface area contributed by atoms with Gasteiger partial charge in [-0.2, -0.15) is 10.4 Å². The number of nitriles is 1. The number of nitrogens with zero attached hydrogens (tertiary/aromatic N) is 3. The van der Waals surface area contributed by atoms with Crippen LogP contribution in [-0.4, -0.2) is 27.0 Å². The average molecular weight is 285 g/mol. The van der Waals surface area contributed by atoms with E-state index in [0.717, 1.165) is 0 Å². The third kappa shape index (κ3) is 3.03. The molecule has 2 rings (SSSR count). The highest BCUT2D eigenvalue weighted by molar-refractivity contribution is 5.87. The molecule has 2 aromatic rings. The molecule has 0 fully saturated rings. The summed E-state index contributed by atoms with van der Waals surface area (Å²) in [6.07, 6.45) is -0.0311. The predicted octanol–water partition coefficient (Wildman–Crippen LogP) is 2.44. The maximum absolute atomic E-state index is 11.0. The van der Waals surface area contributed by atoms with Gasteiger partial charge in [0.15, 0.2) is 0 Å². The van der Waals surface area contributed by atoms with E-state index in [2.05, 4.69) is 11.2 Å². The minimum absolute atomic E-state index is 0.0311. The van der Waals surface area contributed by atoms with Gasteiger partial charge in [0.2, 0.25) is 0 Å². The molecule has 21 heavy (non-hydrogen) atoms. The zero-order chi connectivity index (χ0) is 15.6. The number of hydrogen-bond acceptors (Lipinski definition) is 4. The molecule has 1 aromatic carbocycles. The van der Waals surface area contributed by atoms with Crippen molar-refractivity contribution in [1.29, 1.82) is 5.26 Å². The van der Waals surface area contributed by atoms with Gasteiger partial charge in [-0.1, -0.05) is 0 Å². The molecule has 0 amide bonds. The second-order valence-electron chi connectivity index (χ2n) is 4.83. The molecule has 0 aliphatic rings. The van der Waals surface area contributed by atoms with Crippen molar-refractivity contribution < 1.29 is 14.6 Å². The van der Waals surface area contributed by atoms with Gasteiger partial charge in [-0.05, 0) is 38.1 Å². The fraction of sp³-hybridized carbons (Fsp3) is 0.267. The van der Waals surface area contributed by atoms with E-state index in [1.165, 1.54) is 10.7 Å². The summed E-state index contributed by atoms with van der Waals surface area (Å²) < 4.78 is 6.85. The highest BCUT2D eigenvalue weighted by atomic mass is 16.5. The van der Waals surface area contributed by atoms with Gasteiger partial charge in [0.25, 0.3) is 0 Å². The monoisotopic (exact) mass is 285 g/mol. The van der Waals surface area contributed by atoms with Crippen molar-refractivity contribution in [2.24, 2.45) is 7.05 Å². The lowest BCUT2D eigenvalue weighted by Crippen LogP contribution is -2.06. The van der Waals surface area contributed by atoms with Crippen LogP contribution in [0.2, 0.25) is 0 Å². The summed E-state index contributed by atoms with van der Waals surface area (Å²) in [7, 11) is 1.56. The zero-order valence-corrected chi connectivity index (χ0v) is 12.0. The van der Waals surface area contributed by atoms with Gasteiger partial charge in [-0.3, -0.25) is 4.68 Å². The van der Waals surface area contributed by atoms with Crippen molar-refractivity contribution in [3.8, 4) is 23.1 Å². The van der Waals surface area contributed by atoms with Crippen LogP contribution in [0, 0.1) is 11.3 Å². The van der Waals surface area contributed by atoms with E-state index in [-0.39, 0.29) is 11.8 Å². The number of aryl methyl sites for hydroxylation is 1. The molecule has 0 atom stereocenters. The summed E-state index contributed by atoms with van der Waals surface area (Å²) in [4.78, 5) is 11.0. The van der Waals surface area contributed by atoms with Crippen LogP contribution in [0.4, 0.5) is 0 Å². The minimum Gasteiger partial charge on any atom is -0.490 e. The van der Waals surface area contributed by atoms with Crippen molar-refractivity contribution >= 4 is 5.97 Å². The smallest absolute Gasteiger partial charge is 0.354 e. The molecular weight excluding hydrogens is 270 g/mol. The van der Waals surface area contributed by atoms with Gasteiger partial charge in [-0.15, -0.1) is 0 Å². The first-order chi connectivity index (χ1) is 9.92. The molecular formula is C15H15N3O3. The van der Waals surface area contributed by atoms with Crippen LogP contribution in [-0.2, 0) is 7.05 Å². The molecule has 1 N–H and O–H groups in total. The first-order valence-corrected chi connectivity index (χ1v) is 6.41. The van der Waals surface area contributed by atoms with Crippen molar-refractivity contribution in [2.75, 3.05) is 0 Å². The van der Waals surface area contributed by atoms with Crippen LogP contribution < -0.4 is 4.74 Å². The Morgan fingerprint density at radius 3 is 2.67 bits per heavy atom. The minimum atomic E-state index is -1.04. The van der Waals surface area contributed by atoms with Gasteiger partial charge < -0.3 is 9.84 Å². The summed E-state index contributed by atoms with van der Waals surface area (Å²) >= 11 is 0. The maximum Gasteiger partial charge on any atom is 0.354 e. The molecule has 6 nitrogen and oxygen atoms in total. The Bertz CT molecular complexity index is 726. The third-order valence-electron chi connectivity index (χ3n) is 2.86. The lowest BCUT2D eigenvalue weighted by atomic mass is 10.1. The lowest BCUT2D eigenvalue weighted by Gasteiger charge is -2.11. The van der Waals surface area contributed by atoms with E-state index in [1.807, 2.05) is 13.8 Å². The molecule has 0 bridgehead atoms. The summed E-state index contributed by atoms with van der Waals surface area (Å²) in [6.45, 7) is 3.76. The van der Waals surface area contributed by atoms with Gasteiger partial charge in [0.05, 0.1) is 17.4 Å². The Morgan fingerprint density at radius 1 is 1.43 bits per heavy atom. The molecule has 0 spiro atoms. The fourth-order valence-corrected chi connectivity index (χ4v) is 1.94. The van der Waals surface area contributed by atoms with Gasteiger partial charge in [0, 0.05) is 12.6 Å². The zero-order valence-electron chi connectivity index (χ0n) is 12.0. The van der Waals surface area contributed by atoms with Crippen LogP contribution in [0.1, 0.15) is 29.9 Å². The Morgan fingerprint density at radius 2 is 2.14 bits per heavy atom. The predicted molar refractivity (Wildman–Crippen MR) is 76.1 cm³/mol. The SMILES string of the molecule is CC(C)Oc1ccc(-c2cc(C(=O)O)n(C)n2)cc1C#N. The van der Waals surface area contributed by atoms with Crippen LogP contribution in [0.15, 0.2) is 24.3 Å². The summed E-state index contributed by atoms with van der Waals surface area (Å²) in [5.74, 6) is -0.540. The average Bonchev–Trinajstić information content (AvgIpc) is 2.81. The Labute approximate surface area is 122 Å². The third-order valence-corrected chi connectivity index (χ3v) is 2.86. The number of benzene rings is 1. The largest absolute Gasteiger partial charge is 0.490 e. The number of carbonyl (C=O) groups is 1. The van der Waals surface area contributed by atoms with E-state index in [1.54, 1.807) is 25.2 Å². The van der Waals surface area contributed by atoms with Crippen LogP contribution in [0.25, 0.3) is 11.3 Å². The molecule has 0 saturated carbocycles. The van der Waals surface area contributed by atoms with Gasteiger partial charge in [-0.25, -0.2) is 4.79 Å². The lowest BCUT2D eigenvalue weighted by molar-refractivity contribution is 0.0685. The summed E-state index contributed by atoms with van der Waals surface area (Å²) in [5.41, 5.74) is 1.66. The quantitative estimate of drug-likeness (QED) is 0.932. The number of aromatic nitrogens is 2. The Hall–Kier alpha value is -2.81. The molecule has 0 radical (unpaired) electrons. The van der Waals surface area contributed by atoms with Crippen LogP contribution in [0.3, 0.4) is 0 Å². The first-order valence-electron chi connectivity index (χ1n) is 6.41. The topological polar surface area (TPSA) is 88.1 Å². The maximum atomic E-state index is 11.0. The Balaban J connectivity index is 2.44. The molecule has 0 aliphatic heterocycles. The highest BCUT2D eigenvalue weighted by Gasteiger charge is 2.14. The van der Waals surface area contributed by atoms with E-state index in [4.69, 9.17) is 9.84 Å². The first kappa shape index (κ1) is 14.6. The highest BCUT2D eigenvalue weighted by Crippen LogP contribution is 2.26. The standard InChI is InChI=1S/C15H15N3O3/c1-9(2)21-14-5-4-10(6-11(14)8-16)12-7-13(15(19)20)18(3)17-12/h4-7,9H,1-3H3,(H,19,20). The van der Waals surface area contributed by atoms with Gasteiger partial charge >= 0.3 is 5.97 Å². The van der Waals surface area contributed by atoms with Crippen molar-refractivity contribution in [2.45, 2.75) is 20.0 Å². The molecule has 108 valence electrons. The number of carboxylic acid groups (broad SMARTS) is 1. The van der Waals surface area contributed by atoms with Crippen molar-refractivity contribution in [1.82, 2.24) is 9.78 Å².